The van der Waals surface area contributed by atoms with Crippen LogP contribution >= 0.6 is 23.2 Å². The Balaban J connectivity index is 1.85. The van der Waals surface area contributed by atoms with Crippen LogP contribution in [0.5, 0.6) is 11.5 Å². The first-order chi connectivity index (χ1) is 12.4. The van der Waals surface area contributed by atoms with Crippen molar-refractivity contribution in [3.05, 3.63) is 63.3 Å². The minimum atomic E-state index is -0.780. The second-order valence-electron chi connectivity index (χ2n) is 5.55. The first-order valence-corrected chi connectivity index (χ1v) is 8.42. The van der Waals surface area contributed by atoms with Gasteiger partial charge in [0.25, 0.3) is 0 Å². The molecule has 2 aromatic rings. The monoisotopic (exact) mass is 392 g/mol. The zero-order valence-corrected chi connectivity index (χ0v) is 15.4. The van der Waals surface area contributed by atoms with Gasteiger partial charge in [-0.15, -0.1) is 0 Å². The maximum absolute atomic E-state index is 12.5. The number of esters is 1. The molecule has 0 radical (unpaired) electrons. The van der Waals surface area contributed by atoms with Crippen molar-refractivity contribution in [2.75, 3.05) is 7.11 Å². The third-order valence-electron chi connectivity index (χ3n) is 3.74. The Morgan fingerprint density at radius 2 is 1.96 bits per heavy atom. The number of fused-ring (bicyclic) bond motifs is 1. The predicted octanol–water partition coefficient (Wildman–Crippen LogP) is 4.55. The van der Waals surface area contributed by atoms with Crippen LogP contribution in [0.25, 0.3) is 6.08 Å². The van der Waals surface area contributed by atoms with Crippen LogP contribution in [-0.2, 0) is 9.53 Å². The van der Waals surface area contributed by atoms with Crippen LogP contribution in [0.1, 0.15) is 22.8 Å². The van der Waals surface area contributed by atoms with Crippen molar-refractivity contribution in [3.63, 3.8) is 0 Å². The van der Waals surface area contributed by atoms with Crippen LogP contribution in [0.2, 0.25) is 10.0 Å². The normalized spacial score (nSPS) is 15.4. The van der Waals surface area contributed by atoms with E-state index in [-0.39, 0.29) is 11.5 Å². The van der Waals surface area contributed by atoms with Crippen LogP contribution in [-0.4, -0.2) is 25.0 Å². The molecule has 0 fully saturated rings. The molecule has 0 N–H and O–H groups in total. The van der Waals surface area contributed by atoms with Crippen molar-refractivity contribution < 1.29 is 23.8 Å². The molecule has 0 unspecified atom stereocenters. The highest BCUT2D eigenvalue weighted by Gasteiger charge is 2.28. The van der Waals surface area contributed by atoms with Gasteiger partial charge in [-0.3, -0.25) is 4.79 Å². The van der Waals surface area contributed by atoms with Gasteiger partial charge in [-0.1, -0.05) is 29.3 Å². The Kier molecular flexibility index (Phi) is 5.20. The minimum absolute atomic E-state index is 0.141. The van der Waals surface area contributed by atoms with E-state index in [9.17, 15) is 9.59 Å². The summed E-state index contributed by atoms with van der Waals surface area (Å²) in [6.45, 7) is 1.57. The van der Waals surface area contributed by atoms with Gasteiger partial charge in [0, 0.05) is 16.1 Å². The number of rotatable bonds is 4. The Hall–Kier alpha value is -2.50. The fourth-order valence-electron chi connectivity index (χ4n) is 2.42. The number of carbonyl (C=O) groups is 2. The van der Waals surface area contributed by atoms with E-state index in [2.05, 4.69) is 4.74 Å². The van der Waals surface area contributed by atoms with E-state index in [1.807, 2.05) is 0 Å². The van der Waals surface area contributed by atoms with Crippen LogP contribution in [0, 0.1) is 0 Å². The molecular formula is C19H14Cl2O5. The molecule has 0 aliphatic carbocycles. The summed E-state index contributed by atoms with van der Waals surface area (Å²) in [7, 11) is 1.28. The number of halogens is 2. The molecule has 0 saturated heterocycles. The quantitative estimate of drug-likeness (QED) is 0.564. The average Bonchev–Trinajstić information content (AvgIpc) is 2.92. The summed E-state index contributed by atoms with van der Waals surface area (Å²) in [5.41, 5.74) is 1.02. The van der Waals surface area contributed by atoms with Crippen molar-refractivity contribution in [3.8, 4) is 11.5 Å². The number of ketones is 1. The van der Waals surface area contributed by atoms with Gasteiger partial charge in [0.15, 0.2) is 11.9 Å². The number of benzene rings is 2. The summed E-state index contributed by atoms with van der Waals surface area (Å²) >= 11 is 12.0. The molecule has 26 heavy (non-hydrogen) atoms. The summed E-state index contributed by atoms with van der Waals surface area (Å²) in [6, 6.07) is 9.69. The van der Waals surface area contributed by atoms with Gasteiger partial charge in [-0.2, -0.15) is 0 Å². The van der Waals surface area contributed by atoms with Gasteiger partial charge in [-0.25, -0.2) is 4.79 Å². The Labute approximate surface area is 160 Å². The number of hydrogen-bond acceptors (Lipinski definition) is 5. The van der Waals surface area contributed by atoms with Gasteiger partial charge in [0.2, 0.25) is 5.78 Å². The smallest absolute Gasteiger partial charge is 0.346 e. The highest BCUT2D eigenvalue weighted by Crippen LogP contribution is 2.36. The van der Waals surface area contributed by atoms with E-state index in [1.165, 1.54) is 7.11 Å². The number of Topliss-reactive ketones (excluding diaryl/α,β-unsaturated/α-hetero) is 1. The lowest BCUT2D eigenvalue weighted by atomic mass is 10.1. The first-order valence-electron chi connectivity index (χ1n) is 7.67. The summed E-state index contributed by atoms with van der Waals surface area (Å²) in [5, 5.41) is 0.911. The van der Waals surface area contributed by atoms with Gasteiger partial charge in [0.05, 0.1) is 12.7 Å². The Morgan fingerprint density at radius 1 is 1.19 bits per heavy atom. The third kappa shape index (κ3) is 3.69. The molecule has 1 aliphatic heterocycles. The molecular weight excluding hydrogens is 379 g/mol. The lowest BCUT2D eigenvalue weighted by Crippen LogP contribution is -2.24. The van der Waals surface area contributed by atoms with Gasteiger partial charge >= 0.3 is 5.97 Å². The lowest BCUT2D eigenvalue weighted by Gasteiger charge is -2.12. The number of hydrogen-bond donors (Lipinski definition) is 0. The zero-order chi connectivity index (χ0) is 18.8. The fourth-order valence-corrected chi connectivity index (χ4v) is 2.88. The van der Waals surface area contributed by atoms with Crippen LogP contribution < -0.4 is 9.47 Å². The number of allylic oxidation sites excluding steroid dienone is 1. The highest BCUT2D eigenvalue weighted by atomic mass is 35.5. The predicted molar refractivity (Wildman–Crippen MR) is 97.9 cm³/mol. The van der Waals surface area contributed by atoms with E-state index >= 15 is 0 Å². The molecule has 0 saturated carbocycles. The zero-order valence-electron chi connectivity index (χ0n) is 13.9. The molecule has 1 atom stereocenters. The third-order valence-corrected chi connectivity index (χ3v) is 4.30. The van der Waals surface area contributed by atoms with Crippen molar-refractivity contribution >= 4 is 41.0 Å². The Morgan fingerprint density at radius 3 is 2.65 bits per heavy atom. The molecule has 2 aromatic carbocycles. The topological polar surface area (TPSA) is 61.8 Å². The number of ether oxygens (including phenoxy) is 3. The fraction of sp³-hybridized carbons (Fsp3) is 0.158. The van der Waals surface area contributed by atoms with Gasteiger partial charge in [0.1, 0.15) is 11.5 Å². The molecule has 0 amide bonds. The first kappa shape index (κ1) is 18.3. The Bertz CT molecular complexity index is 920. The van der Waals surface area contributed by atoms with E-state index in [4.69, 9.17) is 32.7 Å². The standard InChI is InChI=1S/C19H14Cl2O5/c1-10(19(23)24-2)25-13-5-6-14-16(9-13)26-17(18(14)22)7-11-3-4-12(20)8-15(11)21/h3-10H,1-2H3/t10-/m1/s1. The molecule has 1 heterocycles. The molecule has 0 bridgehead atoms. The minimum Gasteiger partial charge on any atom is -0.479 e. The molecule has 5 nitrogen and oxygen atoms in total. The lowest BCUT2D eigenvalue weighted by molar-refractivity contribution is -0.147. The van der Waals surface area contributed by atoms with E-state index in [0.29, 0.717) is 32.7 Å². The maximum Gasteiger partial charge on any atom is 0.346 e. The second kappa shape index (κ2) is 7.40. The van der Waals surface area contributed by atoms with Crippen LogP contribution in [0.15, 0.2) is 42.2 Å². The number of methoxy groups -OCH3 is 1. The van der Waals surface area contributed by atoms with Crippen molar-refractivity contribution in [1.82, 2.24) is 0 Å². The van der Waals surface area contributed by atoms with E-state index in [0.717, 1.165) is 0 Å². The average molecular weight is 393 g/mol. The van der Waals surface area contributed by atoms with Gasteiger partial charge in [-0.05, 0) is 42.8 Å². The van der Waals surface area contributed by atoms with Crippen LogP contribution in [0.3, 0.4) is 0 Å². The van der Waals surface area contributed by atoms with Crippen LogP contribution in [0.4, 0.5) is 0 Å². The van der Waals surface area contributed by atoms with Crippen molar-refractivity contribution in [2.45, 2.75) is 13.0 Å². The van der Waals surface area contributed by atoms with Crippen molar-refractivity contribution in [2.24, 2.45) is 0 Å². The summed E-state index contributed by atoms with van der Waals surface area (Å²) in [5.74, 6) is 0.113. The molecule has 7 heteroatoms. The summed E-state index contributed by atoms with van der Waals surface area (Å²) in [4.78, 5) is 23.9. The second-order valence-corrected chi connectivity index (χ2v) is 6.39. The van der Waals surface area contributed by atoms with Gasteiger partial charge < -0.3 is 14.2 Å². The molecule has 0 spiro atoms. The summed E-state index contributed by atoms with van der Waals surface area (Å²) < 4.78 is 15.8. The van der Waals surface area contributed by atoms with E-state index < -0.39 is 12.1 Å². The highest BCUT2D eigenvalue weighted by molar-refractivity contribution is 6.35. The van der Waals surface area contributed by atoms with Crippen molar-refractivity contribution in [1.29, 1.82) is 0 Å². The molecule has 0 aromatic heterocycles. The van der Waals surface area contributed by atoms with E-state index in [1.54, 1.807) is 49.4 Å². The summed E-state index contributed by atoms with van der Waals surface area (Å²) in [6.07, 6.45) is 0.775. The molecule has 3 rings (SSSR count). The SMILES string of the molecule is COC(=O)[C@@H](C)Oc1ccc2c(c1)OC(=Cc1ccc(Cl)cc1Cl)C2=O. The largest absolute Gasteiger partial charge is 0.479 e. The number of carbonyl (C=O) groups excluding carboxylic acids is 2. The molecule has 134 valence electrons. The molecule has 1 aliphatic rings. The maximum atomic E-state index is 12.5.